The van der Waals surface area contributed by atoms with E-state index in [1.54, 1.807) is 12.3 Å². The van der Waals surface area contributed by atoms with Gasteiger partial charge in [0.15, 0.2) is 5.01 Å². The summed E-state index contributed by atoms with van der Waals surface area (Å²) in [5.41, 5.74) is 0.748. The highest BCUT2D eigenvalue weighted by atomic mass is 32.1. The molecule has 3 unspecified atom stereocenters. The van der Waals surface area contributed by atoms with E-state index in [2.05, 4.69) is 15.6 Å². The Morgan fingerprint density at radius 1 is 1.41 bits per heavy atom. The number of carbonyl (C=O) groups excluding carboxylic acids is 1. The van der Waals surface area contributed by atoms with Gasteiger partial charge in [-0.25, -0.2) is 9.37 Å². The van der Waals surface area contributed by atoms with E-state index in [-0.39, 0.29) is 17.8 Å². The minimum absolute atomic E-state index is 0.132. The van der Waals surface area contributed by atoms with Crippen molar-refractivity contribution in [2.24, 2.45) is 0 Å². The molecule has 6 heteroatoms. The minimum Gasteiger partial charge on any atom is -0.346 e. The zero-order valence-electron chi connectivity index (χ0n) is 11.9. The Balaban J connectivity index is 1.48. The van der Waals surface area contributed by atoms with Crippen molar-refractivity contribution >= 4 is 17.2 Å². The van der Waals surface area contributed by atoms with Crippen LogP contribution in [0, 0.1) is 5.82 Å². The number of fused-ring (bicyclic) bond motifs is 2. The molecule has 3 atom stereocenters. The van der Waals surface area contributed by atoms with Gasteiger partial charge in [0, 0.05) is 24.3 Å². The van der Waals surface area contributed by atoms with Crippen molar-refractivity contribution in [2.45, 2.75) is 37.4 Å². The number of amides is 1. The van der Waals surface area contributed by atoms with E-state index in [1.807, 2.05) is 6.07 Å². The molecule has 0 aliphatic carbocycles. The van der Waals surface area contributed by atoms with E-state index in [9.17, 15) is 9.18 Å². The molecule has 1 aromatic carbocycles. The summed E-state index contributed by atoms with van der Waals surface area (Å²) in [7, 11) is 0. The molecule has 114 valence electrons. The van der Waals surface area contributed by atoms with Gasteiger partial charge in [-0.05, 0) is 37.0 Å². The molecule has 3 heterocycles. The van der Waals surface area contributed by atoms with Gasteiger partial charge in [0.1, 0.15) is 5.82 Å². The van der Waals surface area contributed by atoms with E-state index in [0.717, 1.165) is 23.3 Å². The molecule has 0 spiro atoms. The Kier molecular flexibility index (Phi) is 3.43. The number of hydrogen-bond acceptors (Lipinski definition) is 4. The quantitative estimate of drug-likeness (QED) is 0.915. The highest BCUT2D eigenvalue weighted by Gasteiger charge is 2.39. The molecule has 22 heavy (non-hydrogen) atoms. The maximum absolute atomic E-state index is 13.3. The average molecular weight is 317 g/mol. The van der Waals surface area contributed by atoms with E-state index >= 15 is 0 Å². The zero-order valence-corrected chi connectivity index (χ0v) is 12.7. The van der Waals surface area contributed by atoms with Crippen molar-refractivity contribution in [3.63, 3.8) is 0 Å². The lowest BCUT2D eigenvalue weighted by molar-refractivity contribution is 0.0930. The Morgan fingerprint density at radius 2 is 2.32 bits per heavy atom. The highest BCUT2D eigenvalue weighted by Crippen LogP contribution is 2.30. The first kappa shape index (κ1) is 13.8. The summed E-state index contributed by atoms with van der Waals surface area (Å²) in [6, 6.07) is 7.48. The lowest BCUT2D eigenvalue weighted by Gasteiger charge is -2.20. The topological polar surface area (TPSA) is 54.0 Å². The first-order valence-electron chi connectivity index (χ1n) is 7.48. The average Bonchev–Trinajstić information content (AvgIpc) is 3.23. The second-order valence-electron chi connectivity index (χ2n) is 5.90. The Bertz CT molecular complexity index is 717. The molecule has 2 bridgehead atoms. The predicted molar refractivity (Wildman–Crippen MR) is 83.3 cm³/mol. The number of hydrogen-bond donors (Lipinski definition) is 2. The third-order valence-corrected chi connectivity index (χ3v) is 5.47. The summed E-state index contributed by atoms with van der Waals surface area (Å²) in [4.78, 5) is 17.3. The number of halogens is 1. The van der Waals surface area contributed by atoms with Crippen LogP contribution in [0.1, 0.15) is 29.1 Å². The van der Waals surface area contributed by atoms with Crippen molar-refractivity contribution in [1.82, 2.24) is 15.6 Å². The van der Waals surface area contributed by atoms with Crippen LogP contribution in [-0.4, -0.2) is 29.0 Å². The van der Waals surface area contributed by atoms with Crippen molar-refractivity contribution in [3.05, 3.63) is 41.3 Å². The highest BCUT2D eigenvalue weighted by molar-refractivity contribution is 7.16. The van der Waals surface area contributed by atoms with E-state index < -0.39 is 0 Å². The smallest absolute Gasteiger partial charge is 0.280 e. The van der Waals surface area contributed by atoms with Gasteiger partial charge in [0.2, 0.25) is 0 Å². The summed E-state index contributed by atoms with van der Waals surface area (Å²) >= 11 is 1.30. The van der Waals surface area contributed by atoms with E-state index in [0.29, 0.717) is 17.1 Å². The summed E-state index contributed by atoms with van der Waals surface area (Å²) in [6.07, 6.45) is 4.96. The van der Waals surface area contributed by atoms with Gasteiger partial charge in [-0.1, -0.05) is 12.1 Å². The van der Waals surface area contributed by atoms with Gasteiger partial charge < -0.3 is 10.6 Å². The molecular formula is C16H16FN3OS. The number of carbonyl (C=O) groups is 1. The molecule has 2 aliphatic heterocycles. The third-order valence-electron chi connectivity index (χ3n) is 4.43. The fourth-order valence-corrected chi connectivity index (χ4v) is 4.18. The molecular weight excluding hydrogens is 301 g/mol. The number of thiazole rings is 1. The lowest BCUT2D eigenvalue weighted by atomic mass is 9.95. The van der Waals surface area contributed by atoms with Crippen LogP contribution in [0.5, 0.6) is 0 Å². The molecule has 2 N–H and O–H groups in total. The first-order valence-corrected chi connectivity index (χ1v) is 8.29. The molecule has 1 aromatic heterocycles. The molecule has 4 nitrogen and oxygen atoms in total. The van der Waals surface area contributed by atoms with Crippen LogP contribution < -0.4 is 10.6 Å². The van der Waals surface area contributed by atoms with Crippen molar-refractivity contribution in [2.75, 3.05) is 0 Å². The van der Waals surface area contributed by atoms with E-state index in [1.165, 1.54) is 29.9 Å². The third kappa shape index (κ3) is 2.53. The molecule has 4 rings (SSSR count). The molecule has 2 fully saturated rings. The number of rotatable bonds is 3. The standard InChI is InChI=1S/C16H16FN3OS/c17-10-3-1-2-9(6-10)14-8-18-16(22-14)15(21)20-13-7-11-4-5-12(13)19-11/h1-3,6,8,11-13,19H,4-5,7H2,(H,20,21). The molecule has 2 aliphatic rings. The Hall–Kier alpha value is -1.79. The number of nitrogens with zero attached hydrogens (tertiary/aromatic N) is 1. The number of nitrogens with one attached hydrogen (secondary N) is 2. The molecule has 1 amide bonds. The van der Waals surface area contributed by atoms with Crippen LogP contribution in [0.3, 0.4) is 0 Å². The summed E-state index contributed by atoms with van der Waals surface area (Å²) in [5, 5.41) is 7.01. The second kappa shape index (κ2) is 5.44. The van der Waals surface area contributed by atoms with Crippen LogP contribution in [0.2, 0.25) is 0 Å². The molecule has 2 aromatic rings. The van der Waals surface area contributed by atoms with Gasteiger partial charge in [-0.15, -0.1) is 11.3 Å². The molecule has 0 saturated carbocycles. The zero-order chi connectivity index (χ0) is 15.1. The molecule has 2 saturated heterocycles. The SMILES string of the molecule is O=C(NC1CC2CCC1N2)c1ncc(-c2cccc(F)c2)s1. The lowest BCUT2D eigenvalue weighted by Crippen LogP contribution is -2.42. The number of benzene rings is 1. The van der Waals surface area contributed by atoms with E-state index in [4.69, 9.17) is 0 Å². The summed E-state index contributed by atoms with van der Waals surface area (Å²) in [6.45, 7) is 0. The van der Waals surface area contributed by atoms with Crippen molar-refractivity contribution in [3.8, 4) is 10.4 Å². The normalized spacial score (nSPS) is 26.3. The van der Waals surface area contributed by atoms with Gasteiger partial charge in [0.05, 0.1) is 4.88 Å². The van der Waals surface area contributed by atoms with Gasteiger partial charge in [0.25, 0.3) is 5.91 Å². The fourth-order valence-electron chi connectivity index (χ4n) is 3.37. The van der Waals surface area contributed by atoms with Crippen LogP contribution in [0.25, 0.3) is 10.4 Å². The summed E-state index contributed by atoms with van der Waals surface area (Å²) < 4.78 is 13.3. The minimum atomic E-state index is -0.287. The van der Waals surface area contributed by atoms with Crippen LogP contribution >= 0.6 is 11.3 Å². The van der Waals surface area contributed by atoms with Gasteiger partial charge in [-0.2, -0.15) is 0 Å². The predicted octanol–water partition coefficient (Wildman–Crippen LogP) is 2.57. The van der Waals surface area contributed by atoms with Gasteiger partial charge >= 0.3 is 0 Å². The number of aromatic nitrogens is 1. The fraction of sp³-hybridized carbons (Fsp3) is 0.375. The largest absolute Gasteiger partial charge is 0.346 e. The van der Waals surface area contributed by atoms with Gasteiger partial charge in [-0.3, -0.25) is 4.79 Å². The molecule has 0 radical (unpaired) electrons. The van der Waals surface area contributed by atoms with Crippen molar-refractivity contribution < 1.29 is 9.18 Å². The monoisotopic (exact) mass is 317 g/mol. The Morgan fingerprint density at radius 3 is 3.05 bits per heavy atom. The van der Waals surface area contributed by atoms with Crippen molar-refractivity contribution in [1.29, 1.82) is 0 Å². The first-order chi connectivity index (χ1) is 10.7. The Labute approximate surface area is 131 Å². The second-order valence-corrected chi connectivity index (χ2v) is 6.93. The van der Waals surface area contributed by atoms with Crippen LogP contribution in [0.4, 0.5) is 4.39 Å². The van der Waals surface area contributed by atoms with Crippen LogP contribution in [-0.2, 0) is 0 Å². The maximum atomic E-state index is 13.3. The van der Waals surface area contributed by atoms with Crippen LogP contribution in [0.15, 0.2) is 30.5 Å². The summed E-state index contributed by atoms with van der Waals surface area (Å²) in [5.74, 6) is -0.419. The maximum Gasteiger partial charge on any atom is 0.280 e.